The molecule has 108 valence electrons. The third-order valence-corrected chi connectivity index (χ3v) is 5.40. The van der Waals surface area contributed by atoms with Crippen LogP contribution in [0.25, 0.3) is 10.9 Å². The second kappa shape index (κ2) is 5.63. The smallest absolute Gasteiger partial charge is 0.128 e. The lowest BCUT2D eigenvalue weighted by molar-refractivity contribution is 0.228. The molecule has 1 aliphatic heterocycles. The molecule has 0 spiro atoms. The third kappa shape index (κ3) is 2.39. The highest BCUT2D eigenvalue weighted by Gasteiger charge is 2.22. The van der Waals surface area contributed by atoms with Crippen LogP contribution in [-0.2, 0) is 17.5 Å². The topological polar surface area (TPSA) is 41.4 Å². The zero-order valence-electron chi connectivity index (χ0n) is 12.0. The molecular weight excluding hydrogens is 272 g/mol. The second-order valence-electron chi connectivity index (χ2n) is 5.13. The van der Waals surface area contributed by atoms with Crippen molar-refractivity contribution in [1.29, 1.82) is 0 Å². The molecule has 2 aromatic rings. The van der Waals surface area contributed by atoms with Crippen molar-refractivity contribution in [2.45, 2.75) is 18.4 Å². The number of aromatic nitrogens is 2. The lowest BCUT2D eigenvalue weighted by atomic mass is 10.2. The van der Waals surface area contributed by atoms with Gasteiger partial charge in [-0.25, -0.2) is 8.51 Å². The van der Waals surface area contributed by atoms with E-state index in [0.717, 1.165) is 48.5 Å². The second-order valence-corrected chi connectivity index (χ2v) is 6.59. The van der Waals surface area contributed by atoms with Gasteiger partial charge in [0.25, 0.3) is 0 Å². The number of hydrogen-bond acceptors (Lipinski definition) is 3. The lowest BCUT2D eigenvalue weighted by Gasteiger charge is -2.31. The molecule has 0 radical (unpaired) electrons. The molecule has 0 amide bonds. The van der Waals surface area contributed by atoms with E-state index in [1.165, 1.54) is 0 Å². The van der Waals surface area contributed by atoms with Crippen LogP contribution in [-0.4, -0.2) is 56.4 Å². The van der Waals surface area contributed by atoms with Crippen molar-refractivity contribution in [1.82, 2.24) is 19.0 Å². The number of aryl methyl sites for hydroxylation is 1. The summed E-state index contributed by atoms with van der Waals surface area (Å²) in [5, 5.41) is 5.38. The average Bonchev–Trinajstić information content (AvgIpc) is 2.90. The number of nitrogens with zero attached hydrogens (tertiary/aromatic N) is 4. The van der Waals surface area contributed by atoms with Crippen molar-refractivity contribution in [2.75, 3.05) is 33.2 Å². The molecule has 0 bridgehead atoms. The van der Waals surface area contributed by atoms with Crippen LogP contribution in [0.3, 0.4) is 0 Å². The summed E-state index contributed by atoms with van der Waals surface area (Å²) in [7, 11) is 1.01. The highest BCUT2D eigenvalue weighted by atomic mass is 32.2. The maximum Gasteiger partial charge on any atom is 0.128 e. The van der Waals surface area contributed by atoms with Gasteiger partial charge in [0.05, 0.1) is 16.6 Å². The van der Waals surface area contributed by atoms with E-state index in [0.29, 0.717) is 0 Å². The molecule has 1 fully saturated rings. The Morgan fingerprint density at radius 1 is 1.25 bits per heavy atom. The van der Waals surface area contributed by atoms with Crippen LogP contribution < -0.4 is 0 Å². The molecule has 1 saturated heterocycles. The standard InChI is InChI=1S/C14H20N4OS/c1-3-18-13-5-4-6-14(12(13)11-15-18)20(19)17-9-7-16(2)8-10-17/h4-6,11H,3,7-10H2,1-2H3. The number of benzene rings is 1. The van der Waals surface area contributed by atoms with Gasteiger partial charge in [0.15, 0.2) is 0 Å². The molecule has 1 atom stereocenters. The Morgan fingerprint density at radius 2 is 2.00 bits per heavy atom. The summed E-state index contributed by atoms with van der Waals surface area (Å²) in [5.74, 6) is 0. The van der Waals surface area contributed by atoms with Gasteiger partial charge in [-0.05, 0) is 26.1 Å². The van der Waals surface area contributed by atoms with Crippen molar-refractivity contribution < 1.29 is 4.21 Å². The van der Waals surface area contributed by atoms with Crippen molar-refractivity contribution in [3.63, 3.8) is 0 Å². The molecular formula is C14H20N4OS. The van der Waals surface area contributed by atoms with E-state index in [1.807, 2.05) is 29.1 Å². The maximum atomic E-state index is 12.8. The van der Waals surface area contributed by atoms with Gasteiger partial charge in [-0.1, -0.05) is 6.07 Å². The molecule has 1 aromatic carbocycles. The van der Waals surface area contributed by atoms with E-state index >= 15 is 0 Å². The number of hydrogen-bond donors (Lipinski definition) is 0. The van der Waals surface area contributed by atoms with Crippen molar-refractivity contribution in [3.8, 4) is 0 Å². The SMILES string of the molecule is CCn1ncc2c(S(=O)N3CCN(C)CC3)cccc21. The van der Waals surface area contributed by atoms with E-state index in [4.69, 9.17) is 0 Å². The molecule has 1 unspecified atom stereocenters. The minimum Gasteiger partial charge on any atom is -0.304 e. The molecule has 5 nitrogen and oxygen atoms in total. The summed E-state index contributed by atoms with van der Waals surface area (Å²) in [6, 6.07) is 5.97. The summed E-state index contributed by atoms with van der Waals surface area (Å²) >= 11 is 0. The van der Waals surface area contributed by atoms with Gasteiger partial charge in [0, 0.05) is 38.1 Å². The quantitative estimate of drug-likeness (QED) is 0.857. The fraction of sp³-hybridized carbons (Fsp3) is 0.500. The first kappa shape index (κ1) is 13.7. The first-order chi connectivity index (χ1) is 9.70. The first-order valence-corrected chi connectivity index (χ1v) is 8.11. The largest absolute Gasteiger partial charge is 0.304 e. The number of piperazine rings is 1. The van der Waals surface area contributed by atoms with Crippen molar-refractivity contribution >= 4 is 21.9 Å². The van der Waals surface area contributed by atoms with E-state index in [-0.39, 0.29) is 0 Å². The van der Waals surface area contributed by atoms with Crippen molar-refractivity contribution in [3.05, 3.63) is 24.4 Å². The Morgan fingerprint density at radius 3 is 2.70 bits per heavy atom. The molecule has 1 aromatic heterocycles. The van der Waals surface area contributed by atoms with E-state index in [2.05, 4.69) is 28.3 Å². The van der Waals surface area contributed by atoms with E-state index in [9.17, 15) is 4.21 Å². The predicted octanol–water partition coefficient (Wildman–Crippen LogP) is 1.33. The summed E-state index contributed by atoms with van der Waals surface area (Å²) < 4.78 is 16.8. The summed E-state index contributed by atoms with van der Waals surface area (Å²) in [6.45, 7) is 6.53. The van der Waals surface area contributed by atoms with Gasteiger partial charge in [-0.3, -0.25) is 4.68 Å². The van der Waals surface area contributed by atoms with Crippen molar-refractivity contribution in [2.24, 2.45) is 0 Å². The minimum atomic E-state index is -1.09. The molecule has 0 N–H and O–H groups in total. The molecule has 2 heterocycles. The number of likely N-dealkylation sites (N-methyl/N-ethyl adjacent to an activating group) is 1. The van der Waals surface area contributed by atoms with Crippen LogP contribution in [0.2, 0.25) is 0 Å². The fourth-order valence-corrected chi connectivity index (χ4v) is 3.89. The van der Waals surface area contributed by atoms with E-state index < -0.39 is 11.0 Å². The Labute approximate surface area is 121 Å². The maximum absolute atomic E-state index is 12.8. The molecule has 0 saturated carbocycles. The van der Waals surface area contributed by atoms with Crippen LogP contribution in [0, 0.1) is 0 Å². The number of rotatable bonds is 3. The number of fused-ring (bicyclic) bond motifs is 1. The third-order valence-electron chi connectivity index (χ3n) is 3.83. The van der Waals surface area contributed by atoms with Crippen LogP contribution in [0.4, 0.5) is 0 Å². The van der Waals surface area contributed by atoms with Gasteiger partial charge in [0.2, 0.25) is 0 Å². The molecule has 20 heavy (non-hydrogen) atoms. The Hall–Kier alpha value is -1.24. The van der Waals surface area contributed by atoms with Gasteiger partial charge in [-0.15, -0.1) is 0 Å². The average molecular weight is 292 g/mol. The van der Waals surface area contributed by atoms with Gasteiger partial charge >= 0.3 is 0 Å². The highest BCUT2D eigenvalue weighted by molar-refractivity contribution is 7.83. The Bertz CT molecular complexity index is 631. The Kier molecular flexibility index (Phi) is 3.87. The van der Waals surface area contributed by atoms with E-state index in [1.54, 1.807) is 0 Å². The summed E-state index contributed by atoms with van der Waals surface area (Å²) in [4.78, 5) is 3.15. The van der Waals surface area contributed by atoms with Crippen LogP contribution in [0.15, 0.2) is 29.3 Å². The zero-order chi connectivity index (χ0) is 14.1. The predicted molar refractivity (Wildman–Crippen MR) is 80.9 cm³/mol. The Balaban J connectivity index is 1.93. The zero-order valence-corrected chi connectivity index (χ0v) is 12.8. The molecule has 1 aliphatic rings. The van der Waals surface area contributed by atoms with Crippen LogP contribution in [0.5, 0.6) is 0 Å². The first-order valence-electron chi connectivity index (χ1n) is 7.00. The monoisotopic (exact) mass is 292 g/mol. The van der Waals surface area contributed by atoms with Crippen LogP contribution in [0.1, 0.15) is 6.92 Å². The summed E-state index contributed by atoms with van der Waals surface area (Å²) in [6.07, 6.45) is 1.84. The highest BCUT2D eigenvalue weighted by Crippen LogP contribution is 2.23. The summed E-state index contributed by atoms with van der Waals surface area (Å²) in [5.41, 5.74) is 1.06. The van der Waals surface area contributed by atoms with Gasteiger partial charge in [-0.2, -0.15) is 5.10 Å². The molecule has 3 rings (SSSR count). The molecule has 0 aliphatic carbocycles. The normalized spacial score (nSPS) is 19.5. The van der Waals surface area contributed by atoms with Gasteiger partial charge in [0.1, 0.15) is 11.0 Å². The van der Waals surface area contributed by atoms with Crippen LogP contribution >= 0.6 is 0 Å². The fourth-order valence-electron chi connectivity index (χ4n) is 2.57. The molecule has 6 heteroatoms. The lowest BCUT2D eigenvalue weighted by Crippen LogP contribution is -2.45. The minimum absolute atomic E-state index is 0.827. The van der Waals surface area contributed by atoms with Gasteiger partial charge < -0.3 is 4.90 Å².